The van der Waals surface area contributed by atoms with E-state index in [0.29, 0.717) is 61.2 Å². The second-order valence-electron chi connectivity index (χ2n) is 9.68. The number of aromatic nitrogens is 4. The highest BCUT2D eigenvalue weighted by Gasteiger charge is 2.23. The van der Waals surface area contributed by atoms with Crippen molar-refractivity contribution in [3.8, 4) is 11.5 Å². The molecule has 37 heavy (non-hydrogen) atoms. The Morgan fingerprint density at radius 3 is 2.81 bits per heavy atom. The highest BCUT2D eigenvalue weighted by Crippen LogP contribution is 2.31. The summed E-state index contributed by atoms with van der Waals surface area (Å²) in [4.78, 5) is 4.52. The van der Waals surface area contributed by atoms with Crippen LogP contribution in [0.3, 0.4) is 0 Å². The first-order valence-electron chi connectivity index (χ1n) is 12.9. The third-order valence-electron chi connectivity index (χ3n) is 7.26. The third kappa shape index (κ3) is 5.22. The van der Waals surface area contributed by atoms with E-state index < -0.39 is 0 Å². The molecule has 0 spiro atoms. The van der Waals surface area contributed by atoms with Crippen LogP contribution in [0.2, 0.25) is 0 Å². The fourth-order valence-electron chi connectivity index (χ4n) is 5.17. The lowest BCUT2D eigenvalue weighted by Crippen LogP contribution is -2.25. The van der Waals surface area contributed by atoms with Gasteiger partial charge in [0.15, 0.2) is 5.75 Å². The van der Waals surface area contributed by atoms with Crippen molar-refractivity contribution in [3.63, 3.8) is 0 Å². The van der Waals surface area contributed by atoms with Gasteiger partial charge in [0.05, 0.1) is 32.1 Å². The molecule has 1 aliphatic heterocycles. The van der Waals surface area contributed by atoms with Crippen LogP contribution in [0, 0.1) is 11.7 Å². The molecule has 192 valence electrons. The van der Waals surface area contributed by atoms with Gasteiger partial charge in [-0.1, -0.05) is 30.3 Å². The maximum atomic E-state index is 14.5. The van der Waals surface area contributed by atoms with Gasteiger partial charge in [0.1, 0.15) is 17.9 Å². The molecule has 0 saturated heterocycles. The molecule has 0 radical (unpaired) electrons. The number of hydrogen-bond donors (Lipinski definition) is 1. The Hall–Kier alpha value is -3.72. The molecule has 3 heterocycles. The number of hydrogen-bond acceptors (Lipinski definition) is 7. The molecule has 2 aromatic heterocycles. The monoisotopic (exact) mass is 503 g/mol. The van der Waals surface area contributed by atoms with Crippen LogP contribution < -0.4 is 14.8 Å². The average Bonchev–Trinajstić information content (AvgIpc) is 3.62. The van der Waals surface area contributed by atoms with Crippen LogP contribution >= 0.6 is 0 Å². The fourth-order valence-corrected chi connectivity index (χ4v) is 5.17. The predicted molar refractivity (Wildman–Crippen MR) is 136 cm³/mol. The summed E-state index contributed by atoms with van der Waals surface area (Å²) in [5, 5.41) is 11.5. The fraction of sp³-hybridized carbons (Fsp3) is 0.393. The van der Waals surface area contributed by atoms with Gasteiger partial charge >= 0.3 is 0 Å². The molecule has 1 fully saturated rings. The van der Waals surface area contributed by atoms with E-state index in [9.17, 15) is 4.39 Å². The molecule has 1 saturated carbocycles. The molecule has 1 aliphatic carbocycles. The Morgan fingerprint density at radius 2 is 1.95 bits per heavy atom. The lowest BCUT2D eigenvalue weighted by atomic mass is 9.88. The number of fused-ring (bicyclic) bond motifs is 2. The van der Waals surface area contributed by atoms with Crippen LogP contribution in [0.1, 0.15) is 42.4 Å². The first kappa shape index (κ1) is 23.7. The minimum absolute atomic E-state index is 0.253. The maximum Gasteiger partial charge on any atom is 0.210 e. The van der Waals surface area contributed by atoms with E-state index in [2.05, 4.69) is 32.6 Å². The molecule has 1 N–H and O–H groups in total. The van der Waals surface area contributed by atoms with Crippen LogP contribution in [0.5, 0.6) is 11.5 Å². The van der Waals surface area contributed by atoms with Gasteiger partial charge in [-0.3, -0.25) is 0 Å². The van der Waals surface area contributed by atoms with Crippen molar-refractivity contribution in [3.05, 3.63) is 77.5 Å². The smallest absolute Gasteiger partial charge is 0.210 e. The number of rotatable bonds is 9. The Morgan fingerprint density at radius 1 is 1.08 bits per heavy atom. The molecule has 0 unspecified atom stereocenters. The molecule has 2 aliphatic rings. The Balaban J connectivity index is 1.04. The molecular formula is C28H30FN5O3. The van der Waals surface area contributed by atoms with Crippen LogP contribution in [0.15, 0.2) is 55.0 Å². The molecule has 0 amide bonds. The van der Waals surface area contributed by atoms with Crippen LogP contribution in [-0.4, -0.2) is 38.9 Å². The summed E-state index contributed by atoms with van der Waals surface area (Å²) in [6.45, 7) is 2.13. The topological polar surface area (TPSA) is 82.8 Å². The lowest BCUT2D eigenvalue weighted by molar-refractivity contribution is 0.00252. The summed E-state index contributed by atoms with van der Waals surface area (Å²) in [6.07, 6.45) is 8.44. The summed E-state index contributed by atoms with van der Waals surface area (Å²) in [6, 6.07) is 13.4. The van der Waals surface area contributed by atoms with Gasteiger partial charge in [0.2, 0.25) is 11.6 Å². The van der Waals surface area contributed by atoms with Gasteiger partial charge in [-0.25, -0.2) is 13.8 Å². The zero-order valence-electron chi connectivity index (χ0n) is 20.6. The highest BCUT2D eigenvalue weighted by atomic mass is 19.1. The van der Waals surface area contributed by atoms with Crippen LogP contribution in [0.4, 0.5) is 10.3 Å². The van der Waals surface area contributed by atoms with Crippen molar-refractivity contribution in [2.75, 3.05) is 18.5 Å². The first-order chi connectivity index (χ1) is 18.2. The molecule has 6 rings (SSSR count). The van der Waals surface area contributed by atoms with E-state index in [1.165, 1.54) is 11.6 Å². The number of ether oxygens (including phenoxy) is 3. The zero-order chi connectivity index (χ0) is 25.0. The average molecular weight is 504 g/mol. The van der Waals surface area contributed by atoms with E-state index in [4.69, 9.17) is 14.2 Å². The molecule has 2 aromatic carbocycles. The van der Waals surface area contributed by atoms with Crippen LogP contribution in [0.25, 0.3) is 5.65 Å². The molecule has 9 heteroatoms. The van der Waals surface area contributed by atoms with Gasteiger partial charge in [-0.05, 0) is 49.3 Å². The SMILES string of the molecule is Fc1ccc2c(c1CNc1ncc(OCC3CCC(OCc4ccccc4)CC3)c3nncn13)CCO2. The van der Waals surface area contributed by atoms with Crippen molar-refractivity contribution >= 4 is 11.6 Å². The minimum atomic E-state index is -0.253. The van der Waals surface area contributed by atoms with E-state index in [-0.39, 0.29) is 12.4 Å². The van der Waals surface area contributed by atoms with Crippen molar-refractivity contribution in [1.82, 2.24) is 19.6 Å². The number of halogens is 1. The Labute approximate surface area is 214 Å². The summed E-state index contributed by atoms with van der Waals surface area (Å²) >= 11 is 0. The van der Waals surface area contributed by atoms with E-state index >= 15 is 0 Å². The van der Waals surface area contributed by atoms with E-state index in [1.54, 1.807) is 23.0 Å². The van der Waals surface area contributed by atoms with Crippen molar-refractivity contribution in [2.24, 2.45) is 5.92 Å². The molecule has 0 atom stereocenters. The summed E-state index contributed by atoms with van der Waals surface area (Å²) < 4.78 is 34.1. The second-order valence-corrected chi connectivity index (χ2v) is 9.68. The van der Waals surface area contributed by atoms with Crippen molar-refractivity contribution < 1.29 is 18.6 Å². The number of nitrogens with zero attached hydrogens (tertiary/aromatic N) is 4. The van der Waals surface area contributed by atoms with Crippen molar-refractivity contribution in [1.29, 1.82) is 0 Å². The molecule has 0 bridgehead atoms. The normalized spacial score (nSPS) is 18.9. The first-order valence-corrected chi connectivity index (χ1v) is 12.9. The van der Waals surface area contributed by atoms with Gasteiger partial charge in [0.25, 0.3) is 0 Å². The summed E-state index contributed by atoms with van der Waals surface area (Å²) in [7, 11) is 0. The van der Waals surface area contributed by atoms with E-state index in [1.807, 2.05) is 18.2 Å². The standard InChI is InChI=1S/C28H30FN5O3/c29-24-10-11-25-22(12-13-35-25)23(24)14-30-28-31-15-26(27-33-32-18-34(27)28)37-17-20-6-8-21(9-7-20)36-16-19-4-2-1-3-5-19/h1-5,10-11,15,18,20-21H,6-9,12-14,16-17H2,(H,30,31). The van der Waals surface area contributed by atoms with Crippen molar-refractivity contribution in [2.45, 2.75) is 51.4 Å². The van der Waals surface area contributed by atoms with Crippen LogP contribution in [-0.2, 0) is 24.3 Å². The number of benzene rings is 2. The number of anilines is 1. The second kappa shape index (κ2) is 10.7. The molecular weight excluding hydrogens is 473 g/mol. The lowest BCUT2D eigenvalue weighted by Gasteiger charge is -2.28. The van der Waals surface area contributed by atoms with Gasteiger partial charge in [0, 0.05) is 24.1 Å². The van der Waals surface area contributed by atoms with Gasteiger partial charge < -0.3 is 19.5 Å². The Bertz CT molecular complexity index is 1350. The summed E-state index contributed by atoms with van der Waals surface area (Å²) in [5.41, 5.74) is 3.30. The summed E-state index contributed by atoms with van der Waals surface area (Å²) in [5.74, 6) is 2.07. The van der Waals surface area contributed by atoms with Gasteiger partial charge in [-0.2, -0.15) is 0 Å². The zero-order valence-corrected chi connectivity index (χ0v) is 20.6. The molecule has 8 nitrogen and oxygen atoms in total. The van der Waals surface area contributed by atoms with E-state index in [0.717, 1.165) is 37.0 Å². The quantitative estimate of drug-likeness (QED) is 0.346. The number of nitrogens with one attached hydrogen (secondary N) is 1. The maximum absolute atomic E-state index is 14.5. The predicted octanol–water partition coefficient (Wildman–Crippen LogP) is 4.96. The van der Waals surface area contributed by atoms with Gasteiger partial charge in [-0.15, -0.1) is 10.2 Å². The largest absolute Gasteiger partial charge is 0.493 e. The molecule has 4 aromatic rings. The third-order valence-corrected chi connectivity index (χ3v) is 7.26. The minimum Gasteiger partial charge on any atom is -0.493 e. The highest BCUT2D eigenvalue weighted by molar-refractivity contribution is 5.56. The Kier molecular flexibility index (Phi) is 6.86.